The number of aliphatic carboxylic acids is 21. The monoisotopic (exact) mass is 1580 g/mol. The van der Waals surface area contributed by atoms with Gasteiger partial charge in [0.1, 0.15) is 11.2 Å². The van der Waals surface area contributed by atoms with Crippen molar-refractivity contribution in [1.29, 1.82) is 0 Å². The summed E-state index contributed by atoms with van der Waals surface area (Å²) < 4.78 is 0. The van der Waals surface area contributed by atoms with Crippen LogP contribution in [0.4, 0.5) is 0 Å². The molecule has 0 amide bonds. The van der Waals surface area contributed by atoms with Crippen molar-refractivity contribution in [2.45, 2.75) is 129 Å². The first-order chi connectivity index (χ1) is 40.4. The number of carboxylic acids is 21. The molecule has 61 heteroatoms. The van der Waals surface area contributed by atoms with E-state index >= 15 is 0 Å². The maximum atomic E-state index is 10.3. The molecule has 0 aromatic heterocycles. The Kier molecular flexibility index (Phi) is 97.4. The van der Waals surface area contributed by atoms with E-state index in [1.807, 2.05) is 0 Å². The van der Waals surface area contributed by atoms with Crippen LogP contribution in [0.2, 0.25) is 0 Å². The van der Waals surface area contributed by atoms with Gasteiger partial charge in [0, 0.05) is 49.6 Å². The van der Waals surface area contributed by atoms with Crippen LogP contribution in [0.1, 0.15) is 89.9 Å². The van der Waals surface area contributed by atoms with Gasteiger partial charge in [0.05, 0.1) is 76.1 Å². The molecule has 0 radical (unpaired) electrons. The minimum absolute atomic E-state index is 0. The van der Waals surface area contributed by atoms with Gasteiger partial charge in [0.15, 0.2) is 28.0 Å². The van der Waals surface area contributed by atoms with E-state index in [1.165, 1.54) is 0 Å². The van der Waals surface area contributed by atoms with E-state index in [-0.39, 0.29) is 210 Å². The summed E-state index contributed by atoms with van der Waals surface area (Å²) in [6.45, 7) is 0. The zero-order valence-corrected chi connectivity index (χ0v) is 65.8. The van der Waals surface area contributed by atoms with Gasteiger partial charge in [-0.2, -0.15) is 0 Å². The van der Waals surface area contributed by atoms with E-state index in [0.717, 1.165) is 0 Å². The largest absolute Gasteiger partial charge is 1.00 e. The van der Waals surface area contributed by atoms with Gasteiger partial charge >= 0.3 is 267 Å². The quantitative estimate of drug-likeness (QED) is 0.0262. The van der Waals surface area contributed by atoms with Crippen LogP contribution >= 0.6 is 0 Å². The van der Waals surface area contributed by atoms with Crippen molar-refractivity contribution in [3.05, 3.63) is 0 Å². The number of carbonyl (C=O) groups excluding carboxylic acids is 6. The molecule has 0 spiro atoms. The fraction of sp³-hybridized carbons (Fsp3) is 0.500. The van der Waals surface area contributed by atoms with Gasteiger partial charge in [-0.1, -0.05) is 0 Å². The maximum absolute atomic E-state index is 10.3. The SMILES string of the molecule is O.O.O.O.O.O.O=C(O)CC(O)(CC(=O)O)C(=O)O.O=C(O)CC(O)(CC(=O)O)C(=O)O.O=C(O)CC(O)(CC(=O)O)C(=O)O.O=C(O)CC(O)(CC(=O)O)C(=O)O.O=C(O)CC(O)(CC(=O)O)C(=O)O.O=C([O-])CC(O)(CC(=O)[O-])C(=O)[O-].O=C([O-])CC(O)(CC(=O)[O-])C(=O)[O-].[Na+].[Na+].[Na+].[Na+].[Na+].[Na+]. The first-order valence-electron chi connectivity index (χ1n) is 22.1. The number of carbonyl (C=O) groups is 21. The van der Waals surface area contributed by atoms with Crippen LogP contribution in [-0.2, 0) is 101 Å². The van der Waals surface area contributed by atoms with E-state index in [9.17, 15) is 131 Å². The van der Waals surface area contributed by atoms with Crippen molar-refractivity contribution in [2.24, 2.45) is 0 Å². The predicted molar refractivity (Wildman–Crippen MR) is 266 cm³/mol. The van der Waals surface area contributed by atoms with Crippen LogP contribution in [0.5, 0.6) is 0 Å². The van der Waals surface area contributed by atoms with Crippen molar-refractivity contribution >= 4 is 125 Å². The molecule has 0 heterocycles. The summed E-state index contributed by atoms with van der Waals surface area (Å²) in [6.07, 6.45) is -16.9. The summed E-state index contributed by atoms with van der Waals surface area (Å²) in [4.78, 5) is 212. The molecular weight excluding hydrogens is 1520 g/mol. The Morgan fingerprint density at radius 2 is 0.252 bits per heavy atom. The molecule has 0 saturated carbocycles. The molecule has 0 rings (SSSR count). The average molecular weight is 1580 g/mol. The smallest absolute Gasteiger partial charge is 0.550 e. The molecule has 0 aliphatic carbocycles. The Hall–Kier alpha value is -5.65. The topological polar surface area (TPSA) is 1130 Å². The van der Waals surface area contributed by atoms with Crippen molar-refractivity contribution in [1.82, 2.24) is 0 Å². The number of aliphatic hydroxyl groups is 7. The molecular formula is C42H62Na6O55. The number of rotatable bonds is 35. The number of hydrogen-bond acceptors (Lipinski definition) is 34. The normalized spacial score (nSPS) is 9.58. The maximum Gasteiger partial charge on any atom is 1.00 e. The Morgan fingerprint density at radius 3 is 0.291 bits per heavy atom. The summed E-state index contributed by atoms with van der Waals surface area (Å²) in [6, 6.07) is 0. The Bertz CT molecular complexity index is 2140. The van der Waals surface area contributed by atoms with Crippen LogP contribution in [0.25, 0.3) is 0 Å². The third kappa shape index (κ3) is 75.8. The van der Waals surface area contributed by atoms with Crippen molar-refractivity contribution in [2.75, 3.05) is 0 Å². The third-order valence-corrected chi connectivity index (χ3v) is 8.93. The van der Waals surface area contributed by atoms with Crippen LogP contribution in [0, 0.1) is 0 Å². The summed E-state index contributed by atoms with van der Waals surface area (Å²) in [5.74, 6) is -37.1. The van der Waals surface area contributed by atoms with Crippen LogP contribution in [-0.4, -0.2) is 310 Å². The minimum Gasteiger partial charge on any atom is -0.550 e. The van der Waals surface area contributed by atoms with E-state index in [4.69, 9.17) is 112 Å². The summed E-state index contributed by atoms with van der Waals surface area (Å²) >= 11 is 0. The summed E-state index contributed by atoms with van der Waals surface area (Å²) in [7, 11) is 0. The van der Waals surface area contributed by atoms with Gasteiger partial charge in [0.25, 0.3) is 0 Å². The zero-order chi connectivity index (χ0) is 74.5. The molecule has 0 fully saturated rings. The summed E-state index contributed by atoms with van der Waals surface area (Å²) in [5.41, 5.74) is -19.6. The molecule has 103 heavy (non-hydrogen) atoms. The van der Waals surface area contributed by atoms with E-state index < -0.39 is 254 Å². The predicted octanol–water partition coefficient (Wildman–Crippen LogP) is -39.7. The molecule has 0 unspecified atom stereocenters. The fourth-order valence-electron chi connectivity index (χ4n) is 4.94. The van der Waals surface area contributed by atoms with Gasteiger partial charge < -0.3 is 205 Å². The van der Waals surface area contributed by atoms with E-state index in [2.05, 4.69) is 0 Å². The standard InChI is InChI=1S/7C6H8O7.6Na.6H2O/c7*7-3(8)1-6(13,5(11)12)2-4(9)10;;;;;;;;;;;;/h7*13H,1-2H2,(H,7,8)(H,9,10)(H,11,12);;;;;;;6*1H2/q;;;;;;;6*+1;;;;;;/p-6. The molecule has 0 aliphatic rings. The second kappa shape index (κ2) is 68.2. The van der Waals surface area contributed by atoms with E-state index in [0.29, 0.717) is 0 Å². The first kappa shape index (κ1) is 147. The molecule has 0 aromatic rings. The Labute approximate surface area is 701 Å². The fourth-order valence-corrected chi connectivity index (χ4v) is 4.94. The molecule has 0 atom stereocenters. The van der Waals surface area contributed by atoms with Crippen LogP contribution in [0.15, 0.2) is 0 Å². The molecule has 0 aromatic carbocycles. The number of carboxylic acid groups (broad SMARTS) is 21. The van der Waals surface area contributed by atoms with Crippen molar-refractivity contribution in [3.63, 3.8) is 0 Å². The van der Waals surface area contributed by atoms with Crippen molar-refractivity contribution < 1.29 is 454 Å². The van der Waals surface area contributed by atoms with Gasteiger partial charge in [0.2, 0.25) is 0 Å². The molecule has 55 nitrogen and oxygen atoms in total. The number of hydrogen-bond donors (Lipinski definition) is 22. The van der Waals surface area contributed by atoms with Crippen LogP contribution in [0.3, 0.4) is 0 Å². The van der Waals surface area contributed by atoms with Gasteiger partial charge in [-0.25, -0.2) is 24.0 Å². The average Bonchev–Trinajstić information content (AvgIpc) is 3.26. The van der Waals surface area contributed by atoms with Gasteiger partial charge in [-0.3, -0.25) is 47.9 Å². The second-order valence-electron chi connectivity index (χ2n) is 17.2. The molecule has 0 aliphatic heterocycles. The van der Waals surface area contributed by atoms with Gasteiger partial charge in [-0.15, -0.1) is 0 Å². The molecule has 566 valence electrons. The molecule has 0 saturated heterocycles. The van der Waals surface area contributed by atoms with Crippen LogP contribution < -0.4 is 208 Å². The molecule has 0 bridgehead atoms. The third-order valence-electron chi connectivity index (χ3n) is 8.93. The zero-order valence-electron chi connectivity index (χ0n) is 53.8. The minimum atomic E-state index is -2.97. The van der Waals surface area contributed by atoms with Crippen molar-refractivity contribution in [3.8, 4) is 0 Å². The second-order valence-corrected chi connectivity index (χ2v) is 17.2. The summed E-state index contributed by atoms with van der Waals surface area (Å²) in [5, 5.41) is 247. The Morgan fingerprint density at radius 1 is 0.175 bits per heavy atom. The molecule has 34 N–H and O–H groups in total. The Balaban J connectivity index is -0.0000000461. The van der Waals surface area contributed by atoms with E-state index in [1.54, 1.807) is 0 Å². The first-order valence-corrected chi connectivity index (χ1v) is 22.1. The van der Waals surface area contributed by atoms with Gasteiger partial charge in [-0.05, 0) is 0 Å².